The smallest absolute Gasteiger partial charge is 0.339 e. The first kappa shape index (κ1) is 14.5. The highest BCUT2D eigenvalue weighted by atomic mass is 35.5. The molecule has 0 saturated heterocycles. The van der Waals surface area contributed by atoms with Crippen LogP contribution in [0.25, 0.3) is 0 Å². The maximum absolute atomic E-state index is 11.2. The first-order valence-electron chi connectivity index (χ1n) is 6.39. The minimum Gasteiger partial charge on any atom is -0.478 e. The number of pyridine rings is 1. The Labute approximate surface area is 121 Å². The summed E-state index contributed by atoms with van der Waals surface area (Å²) in [6.45, 7) is 2.14. The van der Waals surface area contributed by atoms with Crippen LogP contribution >= 0.6 is 23.4 Å². The van der Waals surface area contributed by atoms with Gasteiger partial charge >= 0.3 is 5.97 Å². The van der Waals surface area contributed by atoms with Crippen LogP contribution < -0.4 is 5.32 Å². The number of aromatic nitrogens is 1. The summed E-state index contributed by atoms with van der Waals surface area (Å²) < 4.78 is 0. The SMILES string of the molecule is CCSC1CCCC1Nc1nc(Cl)ccc1C(=O)O. The van der Waals surface area contributed by atoms with Gasteiger partial charge in [0.25, 0.3) is 0 Å². The second kappa shape index (κ2) is 6.48. The summed E-state index contributed by atoms with van der Waals surface area (Å²) >= 11 is 7.77. The highest BCUT2D eigenvalue weighted by Crippen LogP contribution is 2.32. The maximum Gasteiger partial charge on any atom is 0.339 e. The quantitative estimate of drug-likeness (QED) is 0.815. The number of halogens is 1. The molecule has 2 atom stereocenters. The normalized spacial score (nSPS) is 22.4. The summed E-state index contributed by atoms with van der Waals surface area (Å²) in [6.07, 6.45) is 3.38. The Balaban J connectivity index is 2.17. The fraction of sp³-hybridized carbons (Fsp3) is 0.538. The maximum atomic E-state index is 11.2. The molecule has 0 spiro atoms. The molecule has 1 aliphatic carbocycles. The predicted octanol–water partition coefficient (Wildman–Crippen LogP) is 3.52. The van der Waals surface area contributed by atoms with E-state index in [1.54, 1.807) is 0 Å². The molecule has 6 heteroatoms. The molecular formula is C13H17ClN2O2S. The van der Waals surface area contributed by atoms with E-state index in [9.17, 15) is 9.90 Å². The second-order valence-corrected chi connectivity index (χ2v) is 6.41. The monoisotopic (exact) mass is 300 g/mol. The summed E-state index contributed by atoms with van der Waals surface area (Å²) in [5.41, 5.74) is 0.177. The van der Waals surface area contributed by atoms with Crippen molar-refractivity contribution in [2.24, 2.45) is 0 Å². The molecule has 1 aliphatic rings. The molecule has 2 rings (SSSR count). The number of carboxylic acid groups (broad SMARTS) is 1. The van der Waals surface area contributed by atoms with Crippen molar-refractivity contribution in [3.05, 3.63) is 22.8 Å². The number of carboxylic acids is 1. The number of carbonyl (C=O) groups is 1. The van der Waals surface area contributed by atoms with Gasteiger partial charge in [0.15, 0.2) is 0 Å². The number of hydrogen-bond donors (Lipinski definition) is 2. The van der Waals surface area contributed by atoms with E-state index >= 15 is 0 Å². The van der Waals surface area contributed by atoms with Gasteiger partial charge in [-0.3, -0.25) is 0 Å². The molecule has 1 saturated carbocycles. The zero-order valence-corrected chi connectivity index (χ0v) is 12.3. The Morgan fingerprint density at radius 3 is 3.05 bits per heavy atom. The summed E-state index contributed by atoms with van der Waals surface area (Å²) in [5, 5.41) is 13.3. The lowest BCUT2D eigenvalue weighted by Crippen LogP contribution is -2.27. The van der Waals surface area contributed by atoms with Gasteiger partial charge in [0.05, 0.1) is 0 Å². The van der Waals surface area contributed by atoms with E-state index in [4.69, 9.17) is 11.6 Å². The molecule has 0 aromatic carbocycles. The number of aromatic carboxylic acids is 1. The van der Waals surface area contributed by atoms with E-state index in [-0.39, 0.29) is 11.6 Å². The zero-order valence-electron chi connectivity index (χ0n) is 10.7. The molecule has 0 bridgehead atoms. The molecule has 1 fully saturated rings. The topological polar surface area (TPSA) is 62.2 Å². The first-order valence-corrected chi connectivity index (χ1v) is 7.82. The Bertz CT molecular complexity index is 470. The van der Waals surface area contributed by atoms with Crippen LogP contribution in [0.5, 0.6) is 0 Å². The van der Waals surface area contributed by atoms with Crippen molar-refractivity contribution in [2.45, 2.75) is 37.5 Å². The summed E-state index contributed by atoms with van der Waals surface area (Å²) in [5.74, 6) is 0.468. The van der Waals surface area contributed by atoms with Crippen LogP contribution in [0.15, 0.2) is 12.1 Å². The number of rotatable bonds is 5. The van der Waals surface area contributed by atoms with Crippen LogP contribution in [0.2, 0.25) is 5.15 Å². The number of anilines is 1. The van der Waals surface area contributed by atoms with Gasteiger partial charge in [0, 0.05) is 11.3 Å². The zero-order chi connectivity index (χ0) is 13.8. The summed E-state index contributed by atoms with van der Waals surface area (Å²) in [6, 6.07) is 3.27. The van der Waals surface area contributed by atoms with E-state index in [1.807, 2.05) is 11.8 Å². The van der Waals surface area contributed by atoms with Crippen molar-refractivity contribution in [3.63, 3.8) is 0 Å². The molecule has 19 heavy (non-hydrogen) atoms. The minimum atomic E-state index is -0.982. The van der Waals surface area contributed by atoms with Crippen molar-refractivity contribution in [1.82, 2.24) is 4.98 Å². The average molecular weight is 301 g/mol. The Kier molecular flexibility index (Phi) is 4.93. The van der Waals surface area contributed by atoms with E-state index in [0.717, 1.165) is 18.6 Å². The van der Waals surface area contributed by atoms with Crippen LogP contribution in [0.4, 0.5) is 5.82 Å². The number of hydrogen-bond acceptors (Lipinski definition) is 4. The molecule has 1 aromatic rings. The second-order valence-electron chi connectivity index (χ2n) is 4.51. The standard InChI is InChI=1S/C13H17ClN2O2S/c1-2-19-10-5-3-4-9(10)15-12-8(13(17)18)6-7-11(14)16-12/h6-7,9-10H,2-5H2,1H3,(H,15,16)(H,17,18). The molecule has 4 nitrogen and oxygen atoms in total. The van der Waals surface area contributed by atoms with Crippen molar-refractivity contribution in [1.29, 1.82) is 0 Å². The highest BCUT2D eigenvalue weighted by Gasteiger charge is 2.28. The van der Waals surface area contributed by atoms with Crippen molar-refractivity contribution in [2.75, 3.05) is 11.1 Å². The largest absolute Gasteiger partial charge is 0.478 e. The van der Waals surface area contributed by atoms with Gasteiger partial charge in [-0.15, -0.1) is 0 Å². The number of thioether (sulfide) groups is 1. The molecule has 0 radical (unpaired) electrons. The lowest BCUT2D eigenvalue weighted by atomic mass is 10.2. The van der Waals surface area contributed by atoms with Gasteiger partial charge in [0.2, 0.25) is 0 Å². The molecule has 1 aromatic heterocycles. The van der Waals surface area contributed by atoms with Gasteiger partial charge in [-0.2, -0.15) is 11.8 Å². The third kappa shape index (κ3) is 3.54. The predicted molar refractivity (Wildman–Crippen MR) is 79.4 cm³/mol. The van der Waals surface area contributed by atoms with Crippen LogP contribution in [-0.2, 0) is 0 Å². The summed E-state index contributed by atoms with van der Waals surface area (Å²) in [7, 11) is 0. The van der Waals surface area contributed by atoms with Gasteiger partial charge in [-0.1, -0.05) is 24.9 Å². The van der Waals surface area contributed by atoms with Crippen molar-refractivity contribution < 1.29 is 9.90 Å². The third-order valence-corrected chi connectivity index (χ3v) is 4.78. The fourth-order valence-electron chi connectivity index (χ4n) is 2.40. The molecule has 104 valence electrons. The first-order chi connectivity index (χ1) is 9.11. The number of nitrogens with one attached hydrogen (secondary N) is 1. The van der Waals surface area contributed by atoms with Crippen LogP contribution in [0.3, 0.4) is 0 Å². The average Bonchev–Trinajstić information content (AvgIpc) is 2.77. The molecule has 0 amide bonds. The minimum absolute atomic E-state index is 0.177. The van der Waals surface area contributed by atoms with E-state index in [1.165, 1.54) is 18.6 Å². The molecular weight excluding hydrogens is 284 g/mol. The van der Waals surface area contributed by atoms with E-state index < -0.39 is 5.97 Å². The molecule has 2 N–H and O–H groups in total. The van der Waals surface area contributed by atoms with Crippen LogP contribution in [-0.4, -0.2) is 33.1 Å². The van der Waals surface area contributed by atoms with E-state index in [0.29, 0.717) is 16.2 Å². The van der Waals surface area contributed by atoms with Crippen LogP contribution in [0, 0.1) is 0 Å². The van der Waals surface area contributed by atoms with E-state index in [2.05, 4.69) is 17.2 Å². The Hall–Kier alpha value is -0.940. The lowest BCUT2D eigenvalue weighted by molar-refractivity contribution is 0.0697. The van der Waals surface area contributed by atoms with Crippen LogP contribution in [0.1, 0.15) is 36.5 Å². The highest BCUT2D eigenvalue weighted by molar-refractivity contribution is 7.99. The van der Waals surface area contributed by atoms with Crippen molar-refractivity contribution >= 4 is 35.1 Å². The molecule has 1 heterocycles. The Morgan fingerprint density at radius 2 is 2.37 bits per heavy atom. The Morgan fingerprint density at radius 1 is 1.58 bits per heavy atom. The summed E-state index contributed by atoms with van der Waals surface area (Å²) in [4.78, 5) is 15.3. The van der Waals surface area contributed by atoms with Gasteiger partial charge in [0.1, 0.15) is 16.5 Å². The number of nitrogens with zero attached hydrogens (tertiary/aromatic N) is 1. The van der Waals surface area contributed by atoms with Gasteiger partial charge in [-0.25, -0.2) is 9.78 Å². The van der Waals surface area contributed by atoms with Gasteiger partial charge < -0.3 is 10.4 Å². The van der Waals surface area contributed by atoms with Crippen molar-refractivity contribution in [3.8, 4) is 0 Å². The third-order valence-electron chi connectivity index (χ3n) is 3.25. The van der Waals surface area contributed by atoms with Gasteiger partial charge in [-0.05, 0) is 30.7 Å². The fourth-order valence-corrected chi connectivity index (χ4v) is 3.74. The molecule has 0 aliphatic heterocycles. The lowest BCUT2D eigenvalue weighted by Gasteiger charge is -2.21. The molecule has 2 unspecified atom stereocenters.